The van der Waals surface area contributed by atoms with Crippen molar-refractivity contribution < 1.29 is 0 Å². The lowest BCUT2D eigenvalue weighted by Gasteiger charge is -2.00. The van der Waals surface area contributed by atoms with Crippen molar-refractivity contribution in [3.05, 3.63) is 76.5 Å². The fraction of sp³-hybridized carbons (Fsp3) is 0. The van der Waals surface area contributed by atoms with Gasteiger partial charge in [0.25, 0.3) is 0 Å². The first kappa shape index (κ1) is 12.1. The van der Waals surface area contributed by atoms with Crippen molar-refractivity contribution in [3.8, 4) is 0 Å². The fourth-order valence-corrected chi connectivity index (χ4v) is 2.29. The molecule has 0 aliphatic carbocycles. The summed E-state index contributed by atoms with van der Waals surface area (Å²) < 4.78 is 1.09. The zero-order valence-electron chi connectivity index (χ0n) is 10.3. The second-order valence-corrected chi connectivity index (χ2v) is 5.22. The highest BCUT2D eigenvalue weighted by atomic mass is 79.9. The van der Waals surface area contributed by atoms with E-state index in [1.807, 2.05) is 36.5 Å². The molecule has 0 spiro atoms. The summed E-state index contributed by atoms with van der Waals surface area (Å²) in [6.07, 6.45) is 6.00. The van der Waals surface area contributed by atoms with Crippen LogP contribution in [0.4, 0.5) is 0 Å². The number of hydrogen-bond donors (Lipinski definition) is 0. The number of pyridine rings is 1. The van der Waals surface area contributed by atoms with Gasteiger partial charge in [0.1, 0.15) is 0 Å². The lowest BCUT2D eigenvalue weighted by molar-refractivity contribution is 1.33. The van der Waals surface area contributed by atoms with Crippen LogP contribution in [0.25, 0.3) is 22.9 Å². The van der Waals surface area contributed by atoms with E-state index in [0.29, 0.717) is 0 Å². The normalized spacial score (nSPS) is 11.2. The molecule has 2 heteroatoms. The molecule has 0 radical (unpaired) electrons. The van der Waals surface area contributed by atoms with E-state index in [4.69, 9.17) is 0 Å². The quantitative estimate of drug-likeness (QED) is 0.636. The van der Waals surface area contributed by atoms with Gasteiger partial charge in [0.15, 0.2) is 0 Å². The monoisotopic (exact) mass is 309 g/mol. The lowest BCUT2D eigenvalue weighted by Crippen LogP contribution is -1.82. The molecule has 0 aliphatic heterocycles. The zero-order valence-corrected chi connectivity index (χ0v) is 11.8. The van der Waals surface area contributed by atoms with Gasteiger partial charge in [-0.05, 0) is 35.2 Å². The first-order valence-corrected chi connectivity index (χ1v) is 6.90. The summed E-state index contributed by atoms with van der Waals surface area (Å²) in [5.74, 6) is 0. The Morgan fingerprint density at radius 2 is 1.63 bits per heavy atom. The third-order valence-electron chi connectivity index (χ3n) is 3.01. The highest BCUT2D eigenvalue weighted by Crippen LogP contribution is 2.19. The summed E-state index contributed by atoms with van der Waals surface area (Å²) in [5, 5.41) is 2.39. The predicted molar refractivity (Wildman–Crippen MR) is 84.8 cm³/mol. The van der Waals surface area contributed by atoms with E-state index in [0.717, 1.165) is 15.7 Å². The minimum absolute atomic E-state index is 1.00. The third kappa shape index (κ3) is 2.74. The molecule has 1 nitrogen and oxygen atoms in total. The van der Waals surface area contributed by atoms with Gasteiger partial charge in [-0.25, -0.2) is 0 Å². The second-order valence-electron chi connectivity index (χ2n) is 4.30. The smallest absolute Gasteiger partial charge is 0.0708 e. The molecule has 0 saturated carbocycles. The van der Waals surface area contributed by atoms with Gasteiger partial charge in [0.2, 0.25) is 0 Å². The van der Waals surface area contributed by atoms with Gasteiger partial charge in [-0.1, -0.05) is 58.4 Å². The largest absolute Gasteiger partial charge is 0.256 e. The van der Waals surface area contributed by atoms with Gasteiger partial charge < -0.3 is 0 Å². The van der Waals surface area contributed by atoms with Gasteiger partial charge in [-0.15, -0.1) is 0 Å². The van der Waals surface area contributed by atoms with Gasteiger partial charge >= 0.3 is 0 Å². The van der Waals surface area contributed by atoms with Crippen molar-refractivity contribution in [1.29, 1.82) is 0 Å². The molecule has 0 bridgehead atoms. The average molecular weight is 310 g/mol. The van der Waals surface area contributed by atoms with Crippen LogP contribution in [0.3, 0.4) is 0 Å². The van der Waals surface area contributed by atoms with E-state index < -0.39 is 0 Å². The Morgan fingerprint density at radius 1 is 0.842 bits per heavy atom. The molecule has 0 fully saturated rings. The Morgan fingerprint density at radius 3 is 2.47 bits per heavy atom. The number of fused-ring (bicyclic) bond motifs is 1. The SMILES string of the molecule is Brc1ccc(/C=C/c2nccc3ccccc23)cc1. The molecule has 3 rings (SSSR count). The zero-order chi connectivity index (χ0) is 13.1. The highest BCUT2D eigenvalue weighted by Gasteiger charge is 1.97. The molecule has 92 valence electrons. The Kier molecular flexibility index (Phi) is 3.43. The van der Waals surface area contributed by atoms with Crippen LogP contribution >= 0.6 is 15.9 Å². The third-order valence-corrected chi connectivity index (χ3v) is 3.54. The van der Waals surface area contributed by atoms with Crippen molar-refractivity contribution in [3.63, 3.8) is 0 Å². The van der Waals surface area contributed by atoms with Crippen molar-refractivity contribution in [1.82, 2.24) is 4.98 Å². The van der Waals surface area contributed by atoms with Crippen LogP contribution in [-0.2, 0) is 0 Å². The standard InChI is InChI=1S/C17H12BrN/c18-15-8-5-13(6-9-15)7-10-17-16-4-2-1-3-14(16)11-12-19-17/h1-12H/b10-7+. The molecule has 1 aromatic heterocycles. The van der Waals surface area contributed by atoms with E-state index in [9.17, 15) is 0 Å². The molecule has 0 atom stereocenters. The number of nitrogens with zero attached hydrogens (tertiary/aromatic N) is 1. The first-order chi connectivity index (χ1) is 9.33. The van der Waals surface area contributed by atoms with Crippen LogP contribution in [0.2, 0.25) is 0 Å². The minimum Gasteiger partial charge on any atom is -0.256 e. The Balaban J connectivity index is 1.99. The molecule has 0 N–H and O–H groups in total. The van der Waals surface area contributed by atoms with E-state index in [1.54, 1.807) is 0 Å². The van der Waals surface area contributed by atoms with E-state index >= 15 is 0 Å². The molecule has 1 heterocycles. The lowest BCUT2D eigenvalue weighted by atomic mass is 10.1. The highest BCUT2D eigenvalue weighted by molar-refractivity contribution is 9.10. The van der Waals surface area contributed by atoms with Crippen LogP contribution in [0.1, 0.15) is 11.3 Å². The van der Waals surface area contributed by atoms with Gasteiger partial charge in [-0.2, -0.15) is 0 Å². The van der Waals surface area contributed by atoms with Gasteiger partial charge in [-0.3, -0.25) is 4.98 Å². The maximum Gasteiger partial charge on any atom is 0.0708 e. The number of benzene rings is 2. The summed E-state index contributed by atoms with van der Waals surface area (Å²) in [5.41, 5.74) is 2.17. The van der Waals surface area contributed by atoms with Crippen LogP contribution < -0.4 is 0 Å². The van der Waals surface area contributed by atoms with Crippen molar-refractivity contribution in [2.45, 2.75) is 0 Å². The molecule has 0 unspecified atom stereocenters. The second kappa shape index (κ2) is 5.37. The first-order valence-electron chi connectivity index (χ1n) is 6.10. The molecule has 0 saturated heterocycles. The van der Waals surface area contributed by atoms with Gasteiger partial charge in [0.05, 0.1) is 5.69 Å². The Bertz CT molecular complexity index is 724. The maximum absolute atomic E-state index is 4.44. The number of aromatic nitrogens is 1. The molecule has 2 aromatic carbocycles. The Hall–Kier alpha value is -1.93. The molecular weight excluding hydrogens is 298 g/mol. The molecule has 3 aromatic rings. The van der Waals surface area contributed by atoms with Crippen molar-refractivity contribution in [2.24, 2.45) is 0 Å². The topological polar surface area (TPSA) is 12.9 Å². The summed E-state index contributed by atoms with van der Waals surface area (Å²) in [7, 11) is 0. The van der Waals surface area contributed by atoms with E-state index in [-0.39, 0.29) is 0 Å². The van der Waals surface area contributed by atoms with Crippen molar-refractivity contribution in [2.75, 3.05) is 0 Å². The van der Waals surface area contributed by atoms with Crippen LogP contribution in [-0.4, -0.2) is 4.98 Å². The molecular formula is C17H12BrN. The molecule has 19 heavy (non-hydrogen) atoms. The van der Waals surface area contributed by atoms with E-state index in [2.05, 4.69) is 57.3 Å². The number of rotatable bonds is 2. The Labute approximate surface area is 120 Å². The maximum atomic E-state index is 4.44. The molecule has 0 aliphatic rings. The number of halogens is 1. The van der Waals surface area contributed by atoms with Gasteiger partial charge in [0, 0.05) is 16.1 Å². The average Bonchev–Trinajstić information content (AvgIpc) is 2.47. The fourth-order valence-electron chi connectivity index (χ4n) is 2.02. The summed E-state index contributed by atoms with van der Waals surface area (Å²) in [4.78, 5) is 4.44. The van der Waals surface area contributed by atoms with Crippen LogP contribution in [0.15, 0.2) is 65.3 Å². The van der Waals surface area contributed by atoms with Crippen LogP contribution in [0.5, 0.6) is 0 Å². The summed E-state index contributed by atoms with van der Waals surface area (Å²) >= 11 is 3.44. The van der Waals surface area contributed by atoms with Crippen molar-refractivity contribution >= 4 is 38.9 Å². The predicted octanol–water partition coefficient (Wildman–Crippen LogP) is 5.17. The molecule has 0 amide bonds. The van der Waals surface area contributed by atoms with E-state index in [1.165, 1.54) is 10.8 Å². The summed E-state index contributed by atoms with van der Waals surface area (Å²) in [6, 6.07) is 18.6. The van der Waals surface area contributed by atoms with Crippen LogP contribution in [0, 0.1) is 0 Å². The minimum atomic E-state index is 1.00. The summed E-state index contributed by atoms with van der Waals surface area (Å²) in [6.45, 7) is 0. The number of hydrogen-bond acceptors (Lipinski definition) is 1.